The number of benzene rings is 3. The van der Waals surface area contributed by atoms with Gasteiger partial charge in [0.2, 0.25) is 0 Å². The van der Waals surface area contributed by atoms with Crippen molar-refractivity contribution in [1.82, 2.24) is 9.88 Å². The van der Waals surface area contributed by atoms with E-state index < -0.39 is 5.97 Å². The first kappa shape index (κ1) is 20.1. The molecule has 4 aromatic rings. The molecule has 0 aliphatic heterocycles. The lowest BCUT2D eigenvalue weighted by atomic mass is 10.1. The number of fused-ring (bicyclic) bond motifs is 1. The summed E-state index contributed by atoms with van der Waals surface area (Å²) in [6.45, 7) is 1.34. The van der Waals surface area contributed by atoms with Crippen molar-refractivity contribution < 1.29 is 14.3 Å². The van der Waals surface area contributed by atoms with E-state index in [9.17, 15) is 14.3 Å². The standard InChI is InChI=1S/C24H20ClFN2O2/c25-18-9-5-16(6-10-18)13-27-14-21-20-3-1-2-4-22(20)28(23(21)24(29)30)15-17-7-11-19(26)12-8-17/h1-12,27H,13-15H2,(H,29,30). The van der Waals surface area contributed by atoms with Crippen molar-refractivity contribution in [1.29, 1.82) is 0 Å². The Hall–Kier alpha value is -3.15. The molecule has 0 saturated heterocycles. The van der Waals surface area contributed by atoms with Crippen LogP contribution in [0.25, 0.3) is 10.9 Å². The zero-order valence-corrected chi connectivity index (χ0v) is 16.9. The van der Waals surface area contributed by atoms with E-state index in [-0.39, 0.29) is 11.5 Å². The number of nitrogens with zero attached hydrogens (tertiary/aromatic N) is 1. The molecule has 6 heteroatoms. The number of halogens is 2. The van der Waals surface area contributed by atoms with Gasteiger partial charge >= 0.3 is 5.97 Å². The smallest absolute Gasteiger partial charge is 0.352 e. The van der Waals surface area contributed by atoms with Gasteiger partial charge in [-0.05, 0) is 41.5 Å². The molecular weight excluding hydrogens is 403 g/mol. The minimum atomic E-state index is -0.989. The average Bonchev–Trinajstić information content (AvgIpc) is 3.05. The van der Waals surface area contributed by atoms with Crippen molar-refractivity contribution in [3.63, 3.8) is 0 Å². The van der Waals surface area contributed by atoms with E-state index in [0.717, 1.165) is 27.6 Å². The molecule has 0 unspecified atom stereocenters. The first-order valence-electron chi connectivity index (χ1n) is 9.56. The van der Waals surface area contributed by atoms with Crippen LogP contribution in [0.4, 0.5) is 4.39 Å². The van der Waals surface area contributed by atoms with Crippen molar-refractivity contribution in [3.8, 4) is 0 Å². The molecule has 0 amide bonds. The molecule has 4 rings (SSSR count). The summed E-state index contributed by atoms with van der Waals surface area (Å²) < 4.78 is 15.1. The zero-order chi connectivity index (χ0) is 21.1. The summed E-state index contributed by atoms with van der Waals surface area (Å²) in [6.07, 6.45) is 0. The summed E-state index contributed by atoms with van der Waals surface area (Å²) in [6, 6.07) is 21.3. The lowest BCUT2D eigenvalue weighted by molar-refractivity contribution is 0.0684. The average molecular weight is 423 g/mol. The molecule has 0 radical (unpaired) electrons. The summed E-state index contributed by atoms with van der Waals surface area (Å²) in [7, 11) is 0. The molecule has 0 spiro atoms. The normalized spacial score (nSPS) is 11.1. The van der Waals surface area contributed by atoms with Gasteiger partial charge in [-0.3, -0.25) is 0 Å². The van der Waals surface area contributed by atoms with Gasteiger partial charge in [-0.25, -0.2) is 9.18 Å². The maximum absolute atomic E-state index is 13.3. The maximum Gasteiger partial charge on any atom is 0.352 e. The minimum absolute atomic E-state index is 0.240. The highest BCUT2D eigenvalue weighted by Gasteiger charge is 2.22. The number of carbonyl (C=O) groups is 1. The van der Waals surface area contributed by atoms with Crippen molar-refractivity contribution in [2.45, 2.75) is 19.6 Å². The van der Waals surface area contributed by atoms with E-state index in [2.05, 4.69) is 5.32 Å². The summed E-state index contributed by atoms with van der Waals surface area (Å²) in [5, 5.41) is 14.9. The molecule has 1 aromatic heterocycles. The van der Waals surface area contributed by atoms with E-state index in [1.165, 1.54) is 12.1 Å². The van der Waals surface area contributed by atoms with Crippen LogP contribution in [-0.4, -0.2) is 15.6 Å². The Kier molecular flexibility index (Phi) is 5.84. The second-order valence-corrected chi connectivity index (χ2v) is 7.53. The molecule has 1 heterocycles. The fraction of sp³-hybridized carbons (Fsp3) is 0.125. The molecular formula is C24H20ClFN2O2. The monoisotopic (exact) mass is 422 g/mol. The lowest BCUT2D eigenvalue weighted by Gasteiger charge is -2.10. The number of hydrogen-bond donors (Lipinski definition) is 2. The number of aromatic carboxylic acids is 1. The van der Waals surface area contributed by atoms with Gasteiger partial charge in [0.15, 0.2) is 0 Å². The second kappa shape index (κ2) is 8.69. The van der Waals surface area contributed by atoms with Crippen LogP contribution in [0, 0.1) is 5.82 Å². The molecule has 30 heavy (non-hydrogen) atoms. The molecule has 2 N–H and O–H groups in total. The summed E-state index contributed by atoms with van der Waals surface area (Å²) in [5.74, 6) is -1.31. The summed E-state index contributed by atoms with van der Waals surface area (Å²) >= 11 is 5.93. The van der Waals surface area contributed by atoms with Crippen LogP contribution >= 0.6 is 11.6 Å². The largest absolute Gasteiger partial charge is 0.477 e. The van der Waals surface area contributed by atoms with Gasteiger partial charge in [0.1, 0.15) is 11.5 Å². The van der Waals surface area contributed by atoms with Gasteiger partial charge in [-0.1, -0.05) is 54.1 Å². The van der Waals surface area contributed by atoms with Crippen LogP contribution in [0.2, 0.25) is 5.02 Å². The van der Waals surface area contributed by atoms with Crippen LogP contribution < -0.4 is 5.32 Å². The molecule has 0 fully saturated rings. The first-order valence-corrected chi connectivity index (χ1v) is 9.93. The lowest BCUT2D eigenvalue weighted by Crippen LogP contribution is -2.17. The van der Waals surface area contributed by atoms with Gasteiger partial charge in [-0.15, -0.1) is 0 Å². The molecule has 4 nitrogen and oxygen atoms in total. The summed E-state index contributed by atoms with van der Waals surface area (Å²) in [5.41, 5.74) is 3.70. The molecule has 0 aliphatic rings. The number of aromatic nitrogens is 1. The highest BCUT2D eigenvalue weighted by molar-refractivity contribution is 6.30. The SMILES string of the molecule is O=C(O)c1c(CNCc2ccc(Cl)cc2)c2ccccc2n1Cc1ccc(F)cc1. The van der Waals surface area contributed by atoms with E-state index in [1.54, 1.807) is 16.7 Å². The third-order valence-electron chi connectivity index (χ3n) is 5.08. The quantitative estimate of drug-likeness (QED) is 0.415. The molecule has 152 valence electrons. The Labute approximate surface area is 178 Å². The summed E-state index contributed by atoms with van der Waals surface area (Å²) in [4.78, 5) is 12.2. The van der Waals surface area contributed by atoms with Crippen LogP contribution in [0.5, 0.6) is 0 Å². The van der Waals surface area contributed by atoms with Gasteiger partial charge in [-0.2, -0.15) is 0 Å². The number of hydrogen-bond acceptors (Lipinski definition) is 2. The van der Waals surface area contributed by atoms with E-state index in [4.69, 9.17) is 11.6 Å². The maximum atomic E-state index is 13.3. The third kappa shape index (κ3) is 4.22. The van der Waals surface area contributed by atoms with Crippen LogP contribution in [0.15, 0.2) is 72.8 Å². The van der Waals surface area contributed by atoms with Gasteiger partial charge < -0.3 is 15.0 Å². The van der Waals surface area contributed by atoms with E-state index in [1.807, 2.05) is 48.5 Å². The predicted molar refractivity (Wildman–Crippen MR) is 116 cm³/mol. The highest BCUT2D eigenvalue weighted by atomic mass is 35.5. The molecule has 0 atom stereocenters. The van der Waals surface area contributed by atoms with Crippen LogP contribution in [-0.2, 0) is 19.6 Å². The van der Waals surface area contributed by atoms with Crippen LogP contribution in [0.1, 0.15) is 27.2 Å². The molecule has 0 saturated carbocycles. The Morgan fingerprint density at radius 1 is 0.933 bits per heavy atom. The highest BCUT2D eigenvalue weighted by Crippen LogP contribution is 2.28. The van der Waals surface area contributed by atoms with Crippen molar-refractivity contribution >= 4 is 28.5 Å². The van der Waals surface area contributed by atoms with E-state index in [0.29, 0.717) is 24.7 Å². The Morgan fingerprint density at radius 3 is 2.30 bits per heavy atom. The molecule has 3 aromatic carbocycles. The number of nitrogens with one attached hydrogen (secondary N) is 1. The number of carboxylic acids is 1. The fourth-order valence-corrected chi connectivity index (χ4v) is 3.80. The molecule has 0 bridgehead atoms. The number of para-hydroxylation sites is 1. The van der Waals surface area contributed by atoms with Crippen LogP contribution in [0.3, 0.4) is 0 Å². The fourth-order valence-electron chi connectivity index (χ4n) is 3.67. The van der Waals surface area contributed by atoms with Gasteiger partial charge in [0.05, 0.1) is 0 Å². The van der Waals surface area contributed by atoms with Crippen molar-refractivity contribution in [3.05, 3.63) is 106 Å². The predicted octanol–water partition coefficient (Wildman–Crippen LogP) is 5.47. The Balaban J connectivity index is 1.67. The van der Waals surface area contributed by atoms with Crippen molar-refractivity contribution in [2.75, 3.05) is 0 Å². The van der Waals surface area contributed by atoms with Crippen molar-refractivity contribution in [2.24, 2.45) is 0 Å². The number of carboxylic acid groups (broad SMARTS) is 1. The Bertz CT molecular complexity index is 1180. The first-order chi connectivity index (χ1) is 14.5. The second-order valence-electron chi connectivity index (χ2n) is 7.09. The van der Waals surface area contributed by atoms with Gasteiger partial charge in [0.25, 0.3) is 0 Å². The third-order valence-corrected chi connectivity index (χ3v) is 5.33. The minimum Gasteiger partial charge on any atom is -0.477 e. The van der Waals surface area contributed by atoms with E-state index >= 15 is 0 Å². The zero-order valence-electron chi connectivity index (χ0n) is 16.1. The molecule has 0 aliphatic carbocycles. The topological polar surface area (TPSA) is 54.3 Å². The van der Waals surface area contributed by atoms with Gasteiger partial charge in [0, 0.05) is 41.1 Å². The number of rotatable bonds is 7. The Morgan fingerprint density at radius 2 is 1.60 bits per heavy atom.